The van der Waals surface area contributed by atoms with Gasteiger partial charge in [0.05, 0.1) is 37.9 Å². The summed E-state index contributed by atoms with van der Waals surface area (Å²) in [6.07, 6.45) is 0. The van der Waals surface area contributed by atoms with Crippen LogP contribution in [0.2, 0.25) is 0 Å². The lowest BCUT2D eigenvalue weighted by atomic mass is 10.1. The molecule has 1 heterocycles. The van der Waals surface area contributed by atoms with E-state index in [2.05, 4.69) is 10.1 Å². The Balaban J connectivity index is 2.86. The number of carbonyl (C=O) groups is 4. The van der Waals surface area contributed by atoms with E-state index >= 15 is 0 Å². The maximum atomic E-state index is 12.0. The lowest BCUT2D eigenvalue weighted by Crippen LogP contribution is -2.17. The van der Waals surface area contributed by atoms with Crippen molar-refractivity contribution in [1.29, 1.82) is 0 Å². The Bertz CT molecular complexity index is 669. The second kappa shape index (κ2) is 10.0. The summed E-state index contributed by atoms with van der Waals surface area (Å²) in [6.45, 7) is 3.54. The summed E-state index contributed by atoms with van der Waals surface area (Å²) in [5.74, 6) is -2.07. The number of anilines is 1. The number of methoxy groups -OCH3 is 2. The number of esters is 3. The molecule has 1 amide bonds. The number of nitrogens with one attached hydrogen (secondary N) is 1. The zero-order valence-electron chi connectivity index (χ0n) is 14.3. The highest BCUT2D eigenvalue weighted by Crippen LogP contribution is 2.34. The molecule has 0 aromatic carbocycles. The van der Waals surface area contributed by atoms with Crippen LogP contribution in [0.4, 0.5) is 5.00 Å². The Hall–Kier alpha value is -2.07. The van der Waals surface area contributed by atoms with Crippen LogP contribution < -0.4 is 5.32 Å². The highest BCUT2D eigenvalue weighted by atomic mass is 32.2. The molecule has 0 aliphatic rings. The Morgan fingerprint density at radius 2 is 1.72 bits per heavy atom. The molecular formula is C15H19NO7S2. The van der Waals surface area contributed by atoms with E-state index in [1.54, 1.807) is 13.8 Å². The van der Waals surface area contributed by atoms with E-state index in [0.29, 0.717) is 5.56 Å². The number of thiophene rings is 1. The molecule has 138 valence electrons. The summed E-state index contributed by atoms with van der Waals surface area (Å²) in [5.41, 5.74) is 0.481. The summed E-state index contributed by atoms with van der Waals surface area (Å²) in [6, 6.07) is 0. The minimum atomic E-state index is -0.668. The van der Waals surface area contributed by atoms with Crippen molar-refractivity contribution in [3.05, 3.63) is 16.0 Å². The molecule has 0 saturated heterocycles. The second-order valence-corrected chi connectivity index (χ2v) is 6.60. The smallest absolute Gasteiger partial charge is 0.348 e. The number of hydrogen-bond donors (Lipinski definition) is 1. The fourth-order valence-electron chi connectivity index (χ4n) is 1.83. The summed E-state index contributed by atoms with van der Waals surface area (Å²) in [7, 11) is 2.43. The Morgan fingerprint density at radius 3 is 2.28 bits per heavy atom. The summed E-state index contributed by atoms with van der Waals surface area (Å²) in [4.78, 5) is 47.2. The fraction of sp³-hybridized carbons (Fsp3) is 0.467. The van der Waals surface area contributed by atoms with Crippen molar-refractivity contribution in [3.8, 4) is 0 Å². The zero-order valence-corrected chi connectivity index (χ0v) is 15.9. The molecule has 0 unspecified atom stereocenters. The number of rotatable bonds is 8. The minimum Gasteiger partial charge on any atom is -0.465 e. The number of carbonyl (C=O) groups excluding carboxylic acids is 4. The van der Waals surface area contributed by atoms with Crippen LogP contribution in [-0.4, -0.2) is 56.1 Å². The highest BCUT2D eigenvalue weighted by molar-refractivity contribution is 8.00. The van der Waals surface area contributed by atoms with Gasteiger partial charge in [0.2, 0.25) is 5.91 Å². The quantitative estimate of drug-likeness (QED) is 0.530. The Morgan fingerprint density at radius 1 is 1.08 bits per heavy atom. The normalized spacial score (nSPS) is 10.1. The van der Waals surface area contributed by atoms with Crippen LogP contribution in [0.15, 0.2) is 0 Å². The van der Waals surface area contributed by atoms with Crippen LogP contribution in [0.25, 0.3) is 0 Å². The average Bonchev–Trinajstić information content (AvgIpc) is 2.89. The van der Waals surface area contributed by atoms with Gasteiger partial charge in [-0.15, -0.1) is 23.1 Å². The van der Waals surface area contributed by atoms with Gasteiger partial charge in [-0.3, -0.25) is 9.59 Å². The van der Waals surface area contributed by atoms with Crippen molar-refractivity contribution >= 4 is 51.9 Å². The molecule has 0 saturated carbocycles. The average molecular weight is 389 g/mol. The van der Waals surface area contributed by atoms with Gasteiger partial charge in [-0.2, -0.15) is 0 Å². The van der Waals surface area contributed by atoms with Crippen molar-refractivity contribution in [2.24, 2.45) is 0 Å². The van der Waals surface area contributed by atoms with Gasteiger partial charge in [0, 0.05) is 0 Å². The minimum absolute atomic E-state index is 0.00999. The van der Waals surface area contributed by atoms with Crippen molar-refractivity contribution in [2.75, 3.05) is 37.6 Å². The van der Waals surface area contributed by atoms with E-state index in [1.165, 1.54) is 14.2 Å². The standard InChI is InChI=1S/C15H19NO7S2/c1-5-23-10(18)7-24-6-9(17)16-13-11(14(19)21-3)8(2)12(25-13)15(20)22-4/h5-7H2,1-4H3,(H,16,17). The van der Waals surface area contributed by atoms with Crippen molar-refractivity contribution < 1.29 is 33.4 Å². The van der Waals surface area contributed by atoms with Gasteiger partial charge >= 0.3 is 17.9 Å². The van der Waals surface area contributed by atoms with Crippen molar-refractivity contribution in [3.63, 3.8) is 0 Å². The van der Waals surface area contributed by atoms with Crippen molar-refractivity contribution in [2.45, 2.75) is 13.8 Å². The molecular weight excluding hydrogens is 370 g/mol. The first-order valence-corrected chi connectivity index (χ1v) is 9.16. The van der Waals surface area contributed by atoms with Crippen LogP contribution in [0.5, 0.6) is 0 Å². The van der Waals surface area contributed by atoms with Gasteiger partial charge in [-0.1, -0.05) is 0 Å². The molecule has 1 aromatic rings. The lowest BCUT2D eigenvalue weighted by Gasteiger charge is -2.06. The predicted octanol–water partition coefficient (Wildman–Crippen LogP) is 1.86. The number of ether oxygens (including phenoxy) is 3. The SMILES string of the molecule is CCOC(=O)CSCC(=O)Nc1sc(C(=O)OC)c(C)c1C(=O)OC. The van der Waals surface area contributed by atoms with E-state index in [0.717, 1.165) is 23.1 Å². The first-order valence-electron chi connectivity index (χ1n) is 7.18. The summed E-state index contributed by atoms with van der Waals surface area (Å²) < 4.78 is 14.1. The topological polar surface area (TPSA) is 108 Å². The van der Waals surface area contributed by atoms with Gasteiger partial charge in [0.1, 0.15) is 9.88 Å². The molecule has 0 spiro atoms. The largest absolute Gasteiger partial charge is 0.465 e. The van der Waals surface area contributed by atoms with Gasteiger partial charge in [0.25, 0.3) is 0 Å². The van der Waals surface area contributed by atoms with Gasteiger partial charge in [0.15, 0.2) is 0 Å². The van der Waals surface area contributed by atoms with E-state index < -0.39 is 23.8 Å². The molecule has 0 fully saturated rings. The summed E-state index contributed by atoms with van der Waals surface area (Å²) in [5, 5.41) is 2.77. The molecule has 0 atom stereocenters. The van der Waals surface area contributed by atoms with E-state index in [1.807, 2.05) is 0 Å². The number of hydrogen-bond acceptors (Lipinski definition) is 9. The predicted molar refractivity (Wildman–Crippen MR) is 94.3 cm³/mol. The van der Waals surface area contributed by atoms with Crippen molar-refractivity contribution in [1.82, 2.24) is 0 Å². The maximum Gasteiger partial charge on any atom is 0.348 e. The van der Waals surface area contributed by atoms with Gasteiger partial charge in [-0.05, 0) is 19.4 Å². The molecule has 1 aromatic heterocycles. The van der Waals surface area contributed by atoms with Crippen LogP contribution in [-0.2, 0) is 23.8 Å². The molecule has 1 N–H and O–H groups in total. The van der Waals surface area contributed by atoms with E-state index in [4.69, 9.17) is 9.47 Å². The fourth-order valence-corrected chi connectivity index (χ4v) is 3.57. The van der Waals surface area contributed by atoms with E-state index in [-0.39, 0.29) is 33.6 Å². The van der Waals surface area contributed by atoms with E-state index in [9.17, 15) is 19.2 Å². The number of thioether (sulfide) groups is 1. The molecule has 0 aliphatic carbocycles. The first-order chi connectivity index (χ1) is 11.8. The highest BCUT2D eigenvalue weighted by Gasteiger charge is 2.26. The molecule has 0 aliphatic heterocycles. The zero-order chi connectivity index (χ0) is 19.0. The third kappa shape index (κ3) is 5.75. The van der Waals surface area contributed by atoms with Crippen LogP contribution >= 0.6 is 23.1 Å². The van der Waals surface area contributed by atoms with Crippen LogP contribution in [0.1, 0.15) is 32.5 Å². The maximum absolute atomic E-state index is 12.0. The third-order valence-electron chi connectivity index (χ3n) is 2.92. The summed E-state index contributed by atoms with van der Waals surface area (Å²) >= 11 is 2.01. The molecule has 8 nitrogen and oxygen atoms in total. The molecule has 25 heavy (non-hydrogen) atoms. The van der Waals surface area contributed by atoms with Crippen LogP contribution in [0, 0.1) is 6.92 Å². The number of amides is 1. The van der Waals surface area contributed by atoms with Gasteiger partial charge in [-0.25, -0.2) is 9.59 Å². The van der Waals surface area contributed by atoms with Gasteiger partial charge < -0.3 is 19.5 Å². The Kier molecular flexibility index (Phi) is 8.42. The molecule has 0 bridgehead atoms. The second-order valence-electron chi connectivity index (χ2n) is 4.59. The third-order valence-corrected chi connectivity index (χ3v) is 5.01. The Labute approximate surface area is 153 Å². The van der Waals surface area contributed by atoms with Crippen LogP contribution in [0.3, 0.4) is 0 Å². The molecule has 1 rings (SSSR count). The molecule has 10 heteroatoms. The monoisotopic (exact) mass is 389 g/mol. The first kappa shape index (κ1) is 21.0. The molecule has 0 radical (unpaired) electrons. The lowest BCUT2D eigenvalue weighted by molar-refractivity contribution is -0.139.